The van der Waals surface area contributed by atoms with Gasteiger partial charge in [-0.2, -0.15) is 0 Å². The molecule has 0 radical (unpaired) electrons. The monoisotopic (exact) mass is 400 g/mol. The van der Waals surface area contributed by atoms with Gasteiger partial charge in [0, 0.05) is 22.7 Å². The van der Waals surface area contributed by atoms with E-state index in [0.717, 1.165) is 29.4 Å². The van der Waals surface area contributed by atoms with Crippen LogP contribution in [0.5, 0.6) is 0 Å². The molecule has 1 saturated carbocycles. The number of nitrogens with one attached hydrogen (secondary N) is 3. The molecule has 2 heterocycles. The van der Waals surface area contributed by atoms with E-state index < -0.39 is 17.5 Å². The quantitative estimate of drug-likeness (QED) is 0.584. The lowest BCUT2D eigenvalue weighted by atomic mass is 9.92. The van der Waals surface area contributed by atoms with Gasteiger partial charge in [-0.25, -0.2) is 4.79 Å². The Labute approximate surface area is 172 Å². The summed E-state index contributed by atoms with van der Waals surface area (Å²) in [5, 5.41) is 8.62. The van der Waals surface area contributed by atoms with E-state index in [2.05, 4.69) is 16.0 Å². The van der Waals surface area contributed by atoms with Gasteiger partial charge in [0.1, 0.15) is 5.54 Å². The number of imide groups is 1. The maximum Gasteiger partial charge on any atom is 0.322 e. The summed E-state index contributed by atoms with van der Waals surface area (Å²) in [6.45, 7) is 1.63. The fraction of sp³-hybridized carbons (Fsp3) is 0.217. The van der Waals surface area contributed by atoms with Gasteiger partial charge in [-0.3, -0.25) is 19.9 Å². The predicted molar refractivity (Wildman–Crippen MR) is 112 cm³/mol. The first-order chi connectivity index (χ1) is 14.4. The molecule has 3 aromatic rings. The number of aromatic nitrogens is 1. The number of para-hydroxylation sites is 1. The van der Waals surface area contributed by atoms with E-state index >= 15 is 0 Å². The summed E-state index contributed by atoms with van der Waals surface area (Å²) in [6.07, 6.45) is 2.20. The van der Waals surface area contributed by atoms with Crippen LogP contribution in [0.3, 0.4) is 0 Å². The number of hydrogen-bond donors (Lipinski definition) is 3. The molecule has 2 aromatic carbocycles. The van der Waals surface area contributed by atoms with Crippen molar-refractivity contribution in [3.8, 4) is 0 Å². The van der Waals surface area contributed by atoms with Crippen molar-refractivity contribution < 1.29 is 14.4 Å². The van der Waals surface area contributed by atoms with Gasteiger partial charge < -0.3 is 10.6 Å². The van der Waals surface area contributed by atoms with E-state index in [4.69, 9.17) is 4.98 Å². The number of amides is 4. The van der Waals surface area contributed by atoms with Crippen molar-refractivity contribution in [2.45, 2.75) is 31.2 Å². The third kappa shape index (κ3) is 3.08. The smallest absolute Gasteiger partial charge is 0.322 e. The molecular weight excluding hydrogens is 380 g/mol. The Morgan fingerprint density at radius 2 is 1.90 bits per heavy atom. The van der Waals surface area contributed by atoms with E-state index in [1.165, 1.54) is 0 Å². The molecular formula is C23H20N4O3. The zero-order valence-electron chi connectivity index (χ0n) is 16.4. The highest BCUT2D eigenvalue weighted by Crippen LogP contribution is 2.40. The Bertz CT molecular complexity index is 1220. The molecule has 7 heteroatoms. The van der Waals surface area contributed by atoms with Crippen molar-refractivity contribution in [3.05, 3.63) is 71.4 Å². The molecule has 1 saturated heterocycles. The number of benzene rings is 2. The van der Waals surface area contributed by atoms with Gasteiger partial charge in [-0.1, -0.05) is 30.3 Å². The van der Waals surface area contributed by atoms with Crippen LogP contribution in [0.1, 0.15) is 47.3 Å². The minimum atomic E-state index is -1.18. The zero-order valence-corrected chi connectivity index (χ0v) is 16.4. The molecule has 0 spiro atoms. The van der Waals surface area contributed by atoms with Crippen LogP contribution in [0.4, 0.5) is 10.5 Å². The standard InChI is InChI=1S/C23H20N4O3/c1-23(21(29)26-22(30)27-23)14-5-4-6-15(11-14)24-20(28)17-12-19(13-9-10-13)25-18-8-3-2-7-16(17)18/h2-8,11-13H,9-10H2,1H3,(H,24,28)(H2,26,27,29,30)/t23-/m0/s1. The molecule has 150 valence electrons. The number of hydrogen-bond acceptors (Lipinski definition) is 4. The number of carbonyl (C=O) groups is 3. The Kier molecular flexibility index (Phi) is 4.06. The van der Waals surface area contributed by atoms with Crippen LogP contribution in [0.2, 0.25) is 0 Å². The Balaban J connectivity index is 1.48. The lowest BCUT2D eigenvalue weighted by Crippen LogP contribution is -2.40. The van der Waals surface area contributed by atoms with Gasteiger partial charge >= 0.3 is 6.03 Å². The van der Waals surface area contributed by atoms with Crippen LogP contribution < -0.4 is 16.0 Å². The number of carbonyl (C=O) groups excluding carboxylic acids is 3. The van der Waals surface area contributed by atoms with E-state index in [1.807, 2.05) is 30.3 Å². The molecule has 1 aromatic heterocycles. The van der Waals surface area contributed by atoms with E-state index in [0.29, 0.717) is 22.7 Å². The topological polar surface area (TPSA) is 100 Å². The fourth-order valence-corrected chi connectivity index (χ4v) is 3.82. The molecule has 0 bridgehead atoms. The maximum atomic E-state index is 13.2. The third-order valence-corrected chi connectivity index (χ3v) is 5.72. The molecule has 30 heavy (non-hydrogen) atoms. The summed E-state index contributed by atoms with van der Waals surface area (Å²) in [5.74, 6) is -0.239. The van der Waals surface area contributed by atoms with Gasteiger partial charge in [-0.15, -0.1) is 0 Å². The van der Waals surface area contributed by atoms with Gasteiger partial charge in [0.15, 0.2) is 0 Å². The largest absolute Gasteiger partial charge is 0.322 e. The number of fused-ring (bicyclic) bond motifs is 1. The molecule has 1 aliphatic heterocycles. The van der Waals surface area contributed by atoms with Crippen LogP contribution in [0.15, 0.2) is 54.6 Å². The number of nitrogens with zero attached hydrogens (tertiary/aromatic N) is 1. The third-order valence-electron chi connectivity index (χ3n) is 5.72. The number of urea groups is 1. The minimum absolute atomic E-state index is 0.238. The molecule has 7 nitrogen and oxygen atoms in total. The van der Waals surface area contributed by atoms with E-state index in [1.54, 1.807) is 31.2 Å². The molecule has 2 fully saturated rings. The van der Waals surface area contributed by atoms with Crippen LogP contribution in [-0.4, -0.2) is 22.8 Å². The number of anilines is 1. The van der Waals surface area contributed by atoms with Crippen LogP contribution >= 0.6 is 0 Å². The zero-order chi connectivity index (χ0) is 20.9. The average molecular weight is 400 g/mol. The fourth-order valence-electron chi connectivity index (χ4n) is 3.82. The highest BCUT2D eigenvalue weighted by Gasteiger charge is 2.43. The first kappa shape index (κ1) is 18.3. The Hall–Kier alpha value is -3.74. The van der Waals surface area contributed by atoms with Crippen molar-refractivity contribution >= 4 is 34.4 Å². The highest BCUT2D eigenvalue weighted by molar-refractivity contribution is 6.12. The normalized spacial score (nSPS) is 20.7. The average Bonchev–Trinajstić information content (AvgIpc) is 3.54. The summed E-state index contributed by atoms with van der Waals surface area (Å²) in [7, 11) is 0. The van der Waals surface area contributed by atoms with Crippen molar-refractivity contribution in [2.75, 3.05) is 5.32 Å². The lowest BCUT2D eigenvalue weighted by molar-refractivity contribution is -0.123. The summed E-state index contributed by atoms with van der Waals surface area (Å²) < 4.78 is 0. The minimum Gasteiger partial charge on any atom is -0.322 e. The molecule has 4 amide bonds. The maximum absolute atomic E-state index is 13.2. The number of rotatable bonds is 4. The SMILES string of the molecule is C[C@@]1(c2cccc(NC(=O)c3cc(C4CC4)nc4ccccc34)c2)NC(=O)NC1=O. The Morgan fingerprint density at radius 1 is 1.10 bits per heavy atom. The van der Waals surface area contributed by atoms with Crippen molar-refractivity contribution in [1.82, 2.24) is 15.6 Å². The summed E-state index contributed by atoms with van der Waals surface area (Å²) >= 11 is 0. The van der Waals surface area contributed by atoms with E-state index in [9.17, 15) is 14.4 Å². The highest BCUT2D eigenvalue weighted by atomic mass is 16.2. The van der Waals surface area contributed by atoms with Crippen LogP contribution in [-0.2, 0) is 10.3 Å². The number of pyridine rings is 1. The first-order valence-electron chi connectivity index (χ1n) is 9.89. The van der Waals surface area contributed by atoms with Crippen molar-refractivity contribution in [1.29, 1.82) is 0 Å². The second-order valence-electron chi connectivity index (χ2n) is 7.95. The molecule has 2 aliphatic rings. The Morgan fingerprint density at radius 3 is 2.63 bits per heavy atom. The molecule has 0 unspecified atom stereocenters. The molecule has 3 N–H and O–H groups in total. The van der Waals surface area contributed by atoms with E-state index in [-0.39, 0.29) is 5.91 Å². The second kappa shape index (κ2) is 6.66. The van der Waals surface area contributed by atoms with Crippen LogP contribution in [0, 0.1) is 0 Å². The van der Waals surface area contributed by atoms with Gasteiger partial charge in [0.05, 0.1) is 11.1 Å². The summed E-state index contributed by atoms with van der Waals surface area (Å²) in [6, 6.07) is 15.9. The molecule has 1 aliphatic carbocycles. The van der Waals surface area contributed by atoms with Gasteiger partial charge in [0.2, 0.25) is 0 Å². The summed E-state index contributed by atoms with van der Waals surface area (Å²) in [4.78, 5) is 41.7. The second-order valence-corrected chi connectivity index (χ2v) is 7.95. The molecule has 1 atom stereocenters. The van der Waals surface area contributed by atoms with Crippen molar-refractivity contribution in [2.24, 2.45) is 0 Å². The van der Waals surface area contributed by atoms with Crippen LogP contribution in [0.25, 0.3) is 10.9 Å². The van der Waals surface area contributed by atoms with Gasteiger partial charge in [-0.05, 0) is 49.6 Å². The predicted octanol–water partition coefficient (Wildman–Crippen LogP) is 3.42. The first-order valence-corrected chi connectivity index (χ1v) is 9.89. The summed E-state index contributed by atoms with van der Waals surface area (Å²) in [5.41, 5.74) is 2.28. The lowest BCUT2D eigenvalue weighted by Gasteiger charge is -2.21. The molecule has 5 rings (SSSR count). The van der Waals surface area contributed by atoms with Crippen molar-refractivity contribution in [3.63, 3.8) is 0 Å². The van der Waals surface area contributed by atoms with Gasteiger partial charge in [0.25, 0.3) is 11.8 Å².